The van der Waals surface area contributed by atoms with Crippen molar-refractivity contribution in [2.24, 2.45) is 5.92 Å². The number of hydrogen-bond acceptors (Lipinski definition) is 8. The van der Waals surface area contributed by atoms with Gasteiger partial charge in [0.05, 0.1) is 5.69 Å². The molecule has 0 bridgehead atoms. The molecule has 1 atom stereocenters. The monoisotopic (exact) mass is 396 g/mol. The minimum Gasteiger partial charge on any atom is -0.436 e. The van der Waals surface area contributed by atoms with Crippen molar-refractivity contribution in [1.29, 1.82) is 0 Å². The summed E-state index contributed by atoms with van der Waals surface area (Å²) < 4.78 is 10.7. The number of oxazole rings is 1. The van der Waals surface area contributed by atoms with Gasteiger partial charge in [-0.1, -0.05) is 5.16 Å². The van der Waals surface area contributed by atoms with Crippen LogP contribution in [0.15, 0.2) is 27.3 Å². The average Bonchev–Trinajstić information content (AvgIpc) is 3.31. The Balaban J connectivity index is 1.39. The standard InChI is InChI=1S/C20H24N6O3/c1-12-18(28-14(3)23-12)19(27)22-10-15-5-4-8-26(11-15)17-9-16(6-7-21-17)20-24-13(2)25-29-20/h6-7,9,15H,4-5,8,10-11H2,1-3H3,(H,22,27). The Kier molecular flexibility index (Phi) is 5.28. The number of amides is 1. The van der Waals surface area contributed by atoms with Crippen LogP contribution in [0.3, 0.4) is 0 Å². The summed E-state index contributed by atoms with van der Waals surface area (Å²) in [4.78, 5) is 27.6. The van der Waals surface area contributed by atoms with Crippen molar-refractivity contribution in [2.45, 2.75) is 33.6 Å². The van der Waals surface area contributed by atoms with Gasteiger partial charge < -0.3 is 19.2 Å². The quantitative estimate of drug-likeness (QED) is 0.701. The molecule has 1 amide bonds. The molecule has 1 aliphatic rings. The van der Waals surface area contributed by atoms with E-state index in [-0.39, 0.29) is 5.91 Å². The maximum Gasteiger partial charge on any atom is 0.289 e. The van der Waals surface area contributed by atoms with E-state index in [1.54, 1.807) is 27.0 Å². The van der Waals surface area contributed by atoms with Crippen molar-refractivity contribution in [2.75, 3.05) is 24.5 Å². The Bertz CT molecular complexity index is 1010. The van der Waals surface area contributed by atoms with Gasteiger partial charge in [-0.15, -0.1) is 0 Å². The summed E-state index contributed by atoms with van der Waals surface area (Å²) >= 11 is 0. The van der Waals surface area contributed by atoms with Crippen molar-refractivity contribution < 1.29 is 13.7 Å². The fourth-order valence-corrected chi connectivity index (χ4v) is 3.64. The molecule has 4 heterocycles. The van der Waals surface area contributed by atoms with Crippen molar-refractivity contribution >= 4 is 11.7 Å². The first-order valence-corrected chi connectivity index (χ1v) is 9.73. The van der Waals surface area contributed by atoms with Crippen LogP contribution in [0.1, 0.15) is 40.8 Å². The lowest BCUT2D eigenvalue weighted by Gasteiger charge is -2.33. The van der Waals surface area contributed by atoms with Gasteiger partial charge in [0, 0.05) is 38.3 Å². The predicted octanol–water partition coefficient (Wildman–Crippen LogP) is 2.69. The average molecular weight is 396 g/mol. The molecule has 152 valence electrons. The summed E-state index contributed by atoms with van der Waals surface area (Å²) in [6.07, 6.45) is 3.84. The second-order valence-electron chi connectivity index (χ2n) is 7.36. The molecule has 0 aliphatic carbocycles. The summed E-state index contributed by atoms with van der Waals surface area (Å²) in [7, 11) is 0. The Morgan fingerprint density at radius 1 is 1.31 bits per heavy atom. The minimum absolute atomic E-state index is 0.216. The summed E-state index contributed by atoms with van der Waals surface area (Å²) in [5, 5.41) is 6.83. The van der Waals surface area contributed by atoms with Crippen molar-refractivity contribution in [3.05, 3.63) is 41.5 Å². The number of anilines is 1. The van der Waals surface area contributed by atoms with Crippen LogP contribution in [-0.4, -0.2) is 45.7 Å². The zero-order valence-corrected chi connectivity index (χ0v) is 16.8. The van der Waals surface area contributed by atoms with Gasteiger partial charge in [-0.2, -0.15) is 4.98 Å². The lowest BCUT2D eigenvalue weighted by atomic mass is 9.98. The maximum absolute atomic E-state index is 12.4. The SMILES string of the molecule is Cc1noc(-c2ccnc(N3CCCC(CNC(=O)c4oc(C)nc4C)C3)c2)n1. The zero-order chi connectivity index (χ0) is 20.4. The van der Waals surface area contributed by atoms with E-state index in [1.807, 2.05) is 12.1 Å². The Morgan fingerprint density at radius 2 is 2.17 bits per heavy atom. The first-order chi connectivity index (χ1) is 14.0. The first-order valence-electron chi connectivity index (χ1n) is 9.73. The number of aromatic nitrogens is 4. The normalized spacial score (nSPS) is 16.8. The van der Waals surface area contributed by atoms with E-state index in [0.29, 0.717) is 41.5 Å². The lowest BCUT2D eigenvalue weighted by Crippen LogP contribution is -2.41. The molecule has 1 saturated heterocycles. The van der Waals surface area contributed by atoms with E-state index in [1.165, 1.54) is 0 Å². The van der Waals surface area contributed by atoms with E-state index in [2.05, 4.69) is 30.3 Å². The molecule has 9 heteroatoms. The molecule has 0 radical (unpaired) electrons. The number of carbonyl (C=O) groups excluding carboxylic acids is 1. The van der Waals surface area contributed by atoms with Crippen LogP contribution >= 0.6 is 0 Å². The van der Waals surface area contributed by atoms with Crippen molar-refractivity contribution in [1.82, 2.24) is 25.4 Å². The molecule has 3 aromatic rings. The second-order valence-corrected chi connectivity index (χ2v) is 7.36. The largest absolute Gasteiger partial charge is 0.436 e. The van der Waals surface area contributed by atoms with Gasteiger partial charge in [-0.3, -0.25) is 4.79 Å². The summed E-state index contributed by atoms with van der Waals surface area (Å²) in [5.41, 5.74) is 1.46. The molecule has 1 aliphatic heterocycles. The number of nitrogens with zero attached hydrogens (tertiary/aromatic N) is 5. The number of piperidine rings is 1. The van der Waals surface area contributed by atoms with Crippen molar-refractivity contribution in [3.8, 4) is 11.5 Å². The highest BCUT2D eigenvalue weighted by atomic mass is 16.5. The van der Waals surface area contributed by atoms with E-state index in [9.17, 15) is 4.79 Å². The van der Waals surface area contributed by atoms with Crippen LogP contribution in [-0.2, 0) is 0 Å². The molecule has 3 aromatic heterocycles. The number of pyridine rings is 1. The smallest absolute Gasteiger partial charge is 0.289 e. The topological polar surface area (TPSA) is 110 Å². The van der Waals surface area contributed by atoms with Gasteiger partial charge >= 0.3 is 0 Å². The molecule has 1 N–H and O–H groups in total. The summed E-state index contributed by atoms with van der Waals surface area (Å²) in [6, 6.07) is 3.83. The summed E-state index contributed by atoms with van der Waals surface area (Å²) in [5.74, 6) is 2.86. The third-order valence-corrected chi connectivity index (χ3v) is 5.02. The van der Waals surface area contributed by atoms with Crippen LogP contribution in [0.5, 0.6) is 0 Å². The second kappa shape index (κ2) is 8.02. The highest BCUT2D eigenvalue weighted by Gasteiger charge is 2.23. The summed E-state index contributed by atoms with van der Waals surface area (Å²) in [6.45, 7) is 7.62. The number of rotatable bonds is 5. The molecule has 0 spiro atoms. The third kappa shape index (κ3) is 4.28. The molecule has 1 unspecified atom stereocenters. The third-order valence-electron chi connectivity index (χ3n) is 5.02. The zero-order valence-electron chi connectivity index (χ0n) is 16.8. The van der Waals surface area contributed by atoms with Gasteiger partial charge in [0.25, 0.3) is 11.8 Å². The number of hydrogen-bond donors (Lipinski definition) is 1. The molecule has 1 fully saturated rings. The van der Waals surface area contributed by atoms with Gasteiger partial charge in [0.15, 0.2) is 11.7 Å². The van der Waals surface area contributed by atoms with E-state index in [0.717, 1.165) is 37.3 Å². The van der Waals surface area contributed by atoms with E-state index in [4.69, 9.17) is 8.94 Å². The fourth-order valence-electron chi connectivity index (χ4n) is 3.64. The number of nitrogens with one attached hydrogen (secondary N) is 1. The molecule has 0 saturated carbocycles. The van der Waals surface area contributed by atoms with Gasteiger partial charge in [-0.25, -0.2) is 9.97 Å². The van der Waals surface area contributed by atoms with Gasteiger partial charge in [0.1, 0.15) is 5.82 Å². The molecule has 4 rings (SSSR count). The van der Waals surface area contributed by atoms with Crippen molar-refractivity contribution in [3.63, 3.8) is 0 Å². The number of aryl methyl sites for hydroxylation is 3. The Hall–Kier alpha value is -3.23. The Morgan fingerprint density at radius 3 is 2.90 bits per heavy atom. The van der Waals surface area contributed by atoms with Crippen LogP contribution in [0.25, 0.3) is 11.5 Å². The fraction of sp³-hybridized carbons (Fsp3) is 0.450. The van der Waals surface area contributed by atoms with Gasteiger partial charge in [0.2, 0.25) is 5.76 Å². The molecular weight excluding hydrogens is 372 g/mol. The molecule has 0 aromatic carbocycles. The predicted molar refractivity (Wildman–Crippen MR) is 106 cm³/mol. The van der Waals surface area contributed by atoms with Crippen LogP contribution in [0.4, 0.5) is 5.82 Å². The Labute approximate surface area is 168 Å². The minimum atomic E-state index is -0.216. The van der Waals surface area contributed by atoms with Crippen LogP contribution in [0, 0.1) is 26.7 Å². The van der Waals surface area contributed by atoms with Crippen LogP contribution in [0.2, 0.25) is 0 Å². The van der Waals surface area contributed by atoms with E-state index >= 15 is 0 Å². The highest BCUT2D eigenvalue weighted by Crippen LogP contribution is 2.25. The molecule has 9 nitrogen and oxygen atoms in total. The first kappa shape index (κ1) is 19.1. The highest BCUT2D eigenvalue weighted by molar-refractivity contribution is 5.92. The lowest BCUT2D eigenvalue weighted by molar-refractivity contribution is 0.0915. The molecular formula is C20H24N6O3. The van der Waals surface area contributed by atoms with Gasteiger partial charge in [-0.05, 0) is 44.7 Å². The number of carbonyl (C=O) groups is 1. The maximum atomic E-state index is 12.4. The molecule has 29 heavy (non-hydrogen) atoms. The van der Waals surface area contributed by atoms with E-state index < -0.39 is 0 Å². The van der Waals surface area contributed by atoms with Crippen LogP contribution < -0.4 is 10.2 Å².